The van der Waals surface area contributed by atoms with Crippen molar-refractivity contribution in [3.63, 3.8) is 0 Å². The maximum Gasteiger partial charge on any atom is 0.326 e. The minimum absolute atomic E-state index is 0.0929. The third-order valence-corrected chi connectivity index (χ3v) is 2.93. The smallest absolute Gasteiger partial charge is 0.326 e. The lowest BCUT2D eigenvalue weighted by Crippen LogP contribution is -2.49. The van der Waals surface area contributed by atoms with Crippen LogP contribution in [0.2, 0.25) is 10.2 Å². The van der Waals surface area contributed by atoms with Gasteiger partial charge in [0.2, 0.25) is 0 Å². The molecule has 0 fully saturated rings. The molecule has 0 unspecified atom stereocenters. The van der Waals surface area contributed by atoms with Gasteiger partial charge in [-0.1, -0.05) is 44.0 Å². The fourth-order valence-electron chi connectivity index (χ4n) is 1.43. The van der Waals surface area contributed by atoms with Crippen LogP contribution >= 0.6 is 23.2 Å². The Bertz CT molecular complexity index is 512. The standard InChI is InChI=1S/C12H14Cl2N2O3/c1-12(2,3)9(11(18)19)16-10(17)8-6(13)4-5-7(14)15-8/h4-5,9H,1-3H3,(H,16,17)(H,18,19)/t9-/m0/s1. The molecule has 0 aliphatic heterocycles. The van der Waals surface area contributed by atoms with Crippen LogP contribution in [0.25, 0.3) is 0 Å². The van der Waals surface area contributed by atoms with Gasteiger partial charge in [0.1, 0.15) is 16.9 Å². The second-order valence-electron chi connectivity index (χ2n) is 5.08. The van der Waals surface area contributed by atoms with Gasteiger partial charge in [0.15, 0.2) is 0 Å². The number of aromatic nitrogens is 1. The second kappa shape index (κ2) is 5.75. The molecule has 0 saturated carbocycles. The Morgan fingerprint density at radius 2 is 1.89 bits per heavy atom. The molecule has 0 aromatic carbocycles. The van der Waals surface area contributed by atoms with Crippen LogP contribution in [0.4, 0.5) is 0 Å². The molecule has 0 bridgehead atoms. The Kier molecular flexibility index (Phi) is 4.76. The summed E-state index contributed by atoms with van der Waals surface area (Å²) in [7, 11) is 0. The molecule has 1 heterocycles. The maximum atomic E-state index is 12.0. The van der Waals surface area contributed by atoms with E-state index in [1.54, 1.807) is 20.8 Å². The molecule has 1 amide bonds. The number of pyridine rings is 1. The van der Waals surface area contributed by atoms with Crippen LogP contribution in [0, 0.1) is 5.41 Å². The third kappa shape index (κ3) is 4.08. The molecule has 1 rings (SSSR count). The highest BCUT2D eigenvalue weighted by Gasteiger charge is 2.33. The first-order valence-electron chi connectivity index (χ1n) is 5.48. The van der Waals surface area contributed by atoms with Crippen molar-refractivity contribution in [2.45, 2.75) is 26.8 Å². The summed E-state index contributed by atoms with van der Waals surface area (Å²) in [5.41, 5.74) is -0.739. The van der Waals surface area contributed by atoms with Crippen molar-refractivity contribution in [3.05, 3.63) is 28.0 Å². The SMILES string of the molecule is CC(C)(C)[C@@H](NC(=O)c1nc(Cl)ccc1Cl)C(=O)O. The average molecular weight is 305 g/mol. The number of hydrogen-bond acceptors (Lipinski definition) is 3. The largest absolute Gasteiger partial charge is 0.480 e. The number of nitrogens with zero attached hydrogens (tertiary/aromatic N) is 1. The van der Waals surface area contributed by atoms with E-state index in [1.165, 1.54) is 12.1 Å². The Hall–Kier alpha value is -1.33. The predicted octanol–water partition coefficient (Wildman–Crippen LogP) is 2.62. The third-order valence-electron chi connectivity index (χ3n) is 2.42. The summed E-state index contributed by atoms with van der Waals surface area (Å²) < 4.78 is 0. The van der Waals surface area contributed by atoms with Crippen molar-refractivity contribution < 1.29 is 14.7 Å². The molecular weight excluding hydrogens is 291 g/mol. The molecule has 0 radical (unpaired) electrons. The Morgan fingerprint density at radius 3 is 2.37 bits per heavy atom. The van der Waals surface area contributed by atoms with Crippen LogP contribution in [0.3, 0.4) is 0 Å². The number of rotatable bonds is 3. The van der Waals surface area contributed by atoms with Gasteiger partial charge >= 0.3 is 5.97 Å². The van der Waals surface area contributed by atoms with Crippen LogP contribution < -0.4 is 5.32 Å². The highest BCUT2D eigenvalue weighted by Crippen LogP contribution is 2.21. The van der Waals surface area contributed by atoms with Crippen LogP contribution in [-0.2, 0) is 4.79 Å². The Balaban J connectivity index is 3.01. The predicted molar refractivity (Wildman–Crippen MR) is 72.6 cm³/mol. The number of carboxylic acids is 1. The summed E-state index contributed by atoms with van der Waals surface area (Å²) in [6, 6.07) is 1.81. The lowest BCUT2D eigenvalue weighted by atomic mass is 9.86. The molecule has 2 N–H and O–H groups in total. The van der Waals surface area contributed by atoms with Gasteiger partial charge in [-0.2, -0.15) is 0 Å². The first-order chi connectivity index (χ1) is 8.62. The number of aliphatic carboxylic acids is 1. The van der Waals surface area contributed by atoms with Gasteiger partial charge in [-0.15, -0.1) is 0 Å². The Labute approximate surface area is 120 Å². The first-order valence-corrected chi connectivity index (χ1v) is 6.24. The molecule has 1 aromatic rings. The molecule has 0 saturated heterocycles. The van der Waals surface area contributed by atoms with Gasteiger partial charge in [-0.3, -0.25) is 4.79 Å². The van der Waals surface area contributed by atoms with Crippen LogP contribution in [-0.4, -0.2) is 28.0 Å². The van der Waals surface area contributed by atoms with Crippen molar-refractivity contribution in [1.29, 1.82) is 0 Å². The first kappa shape index (κ1) is 15.7. The van der Waals surface area contributed by atoms with Gasteiger partial charge < -0.3 is 10.4 Å². The van der Waals surface area contributed by atoms with Crippen molar-refractivity contribution in [1.82, 2.24) is 10.3 Å². The minimum atomic E-state index is -1.13. The van der Waals surface area contributed by atoms with Gasteiger partial charge in [-0.05, 0) is 17.5 Å². The van der Waals surface area contributed by atoms with Crippen LogP contribution in [0.5, 0.6) is 0 Å². The minimum Gasteiger partial charge on any atom is -0.480 e. The highest BCUT2D eigenvalue weighted by atomic mass is 35.5. The summed E-state index contributed by atoms with van der Waals surface area (Å²) in [4.78, 5) is 27.0. The average Bonchev–Trinajstić information content (AvgIpc) is 2.26. The van der Waals surface area contributed by atoms with Crippen molar-refractivity contribution in [2.24, 2.45) is 5.41 Å². The number of halogens is 2. The zero-order valence-electron chi connectivity index (χ0n) is 10.7. The summed E-state index contributed by atoms with van der Waals surface area (Å²) >= 11 is 11.5. The molecule has 0 spiro atoms. The van der Waals surface area contributed by atoms with E-state index in [0.717, 1.165) is 0 Å². The second-order valence-corrected chi connectivity index (χ2v) is 5.87. The molecule has 104 valence electrons. The summed E-state index contributed by atoms with van der Waals surface area (Å²) in [6.45, 7) is 5.12. The topological polar surface area (TPSA) is 79.3 Å². The normalized spacial score (nSPS) is 12.9. The fourth-order valence-corrected chi connectivity index (χ4v) is 1.76. The molecule has 5 nitrogen and oxygen atoms in total. The van der Waals surface area contributed by atoms with Gasteiger partial charge in [0.25, 0.3) is 5.91 Å². The van der Waals surface area contributed by atoms with E-state index in [4.69, 9.17) is 28.3 Å². The zero-order chi connectivity index (χ0) is 14.8. The molecule has 1 aromatic heterocycles. The van der Waals surface area contributed by atoms with Crippen LogP contribution in [0.1, 0.15) is 31.3 Å². The maximum absolute atomic E-state index is 12.0. The van der Waals surface area contributed by atoms with E-state index in [9.17, 15) is 9.59 Å². The molecule has 1 atom stereocenters. The number of hydrogen-bond donors (Lipinski definition) is 2. The van der Waals surface area contributed by atoms with Crippen molar-refractivity contribution in [2.75, 3.05) is 0 Å². The molecular formula is C12H14Cl2N2O3. The molecule has 7 heteroatoms. The van der Waals surface area contributed by atoms with Gasteiger partial charge in [0.05, 0.1) is 5.02 Å². The molecule has 0 aliphatic carbocycles. The monoisotopic (exact) mass is 304 g/mol. The number of amides is 1. The van der Waals surface area contributed by atoms with E-state index in [-0.39, 0.29) is 15.9 Å². The van der Waals surface area contributed by atoms with E-state index in [1.807, 2.05) is 0 Å². The fraction of sp³-hybridized carbons (Fsp3) is 0.417. The summed E-state index contributed by atoms with van der Waals surface area (Å²) in [6.07, 6.45) is 0. The highest BCUT2D eigenvalue weighted by molar-refractivity contribution is 6.34. The lowest BCUT2D eigenvalue weighted by Gasteiger charge is -2.27. The van der Waals surface area contributed by atoms with E-state index < -0.39 is 23.3 Å². The van der Waals surface area contributed by atoms with E-state index in [2.05, 4.69) is 10.3 Å². The number of carboxylic acid groups (broad SMARTS) is 1. The number of carbonyl (C=O) groups excluding carboxylic acids is 1. The van der Waals surface area contributed by atoms with Gasteiger partial charge in [-0.25, -0.2) is 9.78 Å². The number of nitrogens with one attached hydrogen (secondary N) is 1. The van der Waals surface area contributed by atoms with E-state index >= 15 is 0 Å². The lowest BCUT2D eigenvalue weighted by molar-refractivity contribution is -0.142. The van der Waals surface area contributed by atoms with Crippen molar-refractivity contribution in [3.8, 4) is 0 Å². The Morgan fingerprint density at radius 1 is 1.32 bits per heavy atom. The van der Waals surface area contributed by atoms with Crippen molar-refractivity contribution >= 4 is 35.1 Å². The van der Waals surface area contributed by atoms with Crippen LogP contribution in [0.15, 0.2) is 12.1 Å². The molecule has 19 heavy (non-hydrogen) atoms. The zero-order valence-corrected chi connectivity index (χ0v) is 12.2. The summed E-state index contributed by atoms with van der Waals surface area (Å²) in [5, 5.41) is 11.8. The molecule has 0 aliphatic rings. The van der Waals surface area contributed by atoms with Gasteiger partial charge in [0, 0.05) is 0 Å². The quantitative estimate of drug-likeness (QED) is 0.841. The summed E-state index contributed by atoms with van der Waals surface area (Å²) in [5.74, 6) is -1.80. The van der Waals surface area contributed by atoms with E-state index in [0.29, 0.717) is 0 Å². The number of carbonyl (C=O) groups is 2.